The average Bonchev–Trinajstić information content (AvgIpc) is 3.70. The highest BCUT2D eigenvalue weighted by Crippen LogP contribution is 2.29. The standard InChI is InChI=1S/C27H31FN4O4/c1-17-14-32(18(2)16-33)26(34)23-12-20(7-6-19-4-5-19)13-29-25(23)36-24(17)15-31(3)27(35)30-22-10-8-21(28)9-11-22/h8-13,17-19,24,33H,4-5,14-16H2,1-3H3,(H,30,35)/t17-,18+,24-/m0/s1. The molecule has 1 aromatic heterocycles. The maximum atomic E-state index is 13.4. The molecular weight excluding hydrogens is 463 g/mol. The van der Waals surface area contributed by atoms with Gasteiger partial charge in [0.1, 0.15) is 17.5 Å². The van der Waals surface area contributed by atoms with Crippen LogP contribution in [0.15, 0.2) is 36.5 Å². The molecule has 1 aliphatic carbocycles. The molecule has 0 bridgehead atoms. The van der Waals surface area contributed by atoms with Crippen molar-refractivity contribution >= 4 is 17.6 Å². The van der Waals surface area contributed by atoms with Crippen LogP contribution >= 0.6 is 0 Å². The van der Waals surface area contributed by atoms with E-state index in [4.69, 9.17) is 4.74 Å². The fourth-order valence-electron chi connectivity index (χ4n) is 3.91. The first-order chi connectivity index (χ1) is 17.2. The van der Waals surface area contributed by atoms with Crippen LogP contribution in [0.1, 0.15) is 42.6 Å². The molecule has 3 atom stereocenters. The van der Waals surface area contributed by atoms with E-state index >= 15 is 0 Å². The summed E-state index contributed by atoms with van der Waals surface area (Å²) >= 11 is 0. The van der Waals surface area contributed by atoms with Crippen molar-refractivity contribution < 1.29 is 23.8 Å². The predicted molar refractivity (Wildman–Crippen MR) is 133 cm³/mol. The summed E-state index contributed by atoms with van der Waals surface area (Å²) in [6.07, 6.45) is 3.30. The molecule has 3 amide bonds. The minimum atomic E-state index is -0.481. The van der Waals surface area contributed by atoms with Gasteiger partial charge < -0.3 is 25.0 Å². The van der Waals surface area contributed by atoms with Gasteiger partial charge in [0, 0.05) is 42.9 Å². The second-order valence-corrected chi connectivity index (χ2v) is 9.56. The van der Waals surface area contributed by atoms with E-state index in [2.05, 4.69) is 22.1 Å². The van der Waals surface area contributed by atoms with E-state index in [-0.39, 0.29) is 48.3 Å². The Bertz CT molecular complexity index is 1170. The number of rotatable bonds is 5. The van der Waals surface area contributed by atoms with E-state index in [0.29, 0.717) is 23.7 Å². The fraction of sp³-hybridized carbons (Fsp3) is 0.444. The van der Waals surface area contributed by atoms with Crippen LogP contribution in [0.25, 0.3) is 0 Å². The number of nitrogens with zero attached hydrogens (tertiary/aromatic N) is 3. The summed E-state index contributed by atoms with van der Waals surface area (Å²) in [5, 5.41) is 12.5. The van der Waals surface area contributed by atoms with Gasteiger partial charge in [-0.1, -0.05) is 18.8 Å². The van der Waals surface area contributed by atoms with Crippen molar-refractivity contribution in [2.24, 2.45) is 11.8 Å². The first-order valence-electron chi connectivity index (χ1n) is 12.1. The number of hydrogen-bond acceptors (Lipinski definition) is 5. The molecule has 0 unspecified atom stereocenters. The third kappa shape index (κ3) is 6.13. The number of aliphatic hydroxyl groups is 1. The molecule has 4 rings (SSSR count). The van der Waals surface area contributed by atoms with Crippen molar-refractivity contribution in [3.8, 4) is 17.7 Å². The van der Waals surface area contributed by atoms with Crippen molar-refractivity contribution in [1.29, 1.82) is 0 Å². The number of aromatic nitrogens is 1. The number of hydrogen-bond donors (Lipinski definition) is 2. The van der Waals surface area contributed by atoms with Crippen LogP contribution in [0.2, 0.25) is 0 Å². The summed E-state index contributed by atoms with van der Waals surface area (Å²) in [5.41, 5.74) is 1.39. The number of pyridine rings is 1. The van der Waals surface area contributed by atoms with E-state index < -0.39 is 12.1 Å². The zero-order valence-corrected chi connectivity index (χ0v) is 20.7. The van der Waals surface area contributed by atoms with E-state index in [9.17, 15) is 19.1 Å². The molecule has 0 spiro atoms. The summed E-state index contributed by atoms with van der Waals surface area (Å²) in [4.78, 5) is 33.7. The Kier molecular flexibility index (Phi) is 7.75. The third-order valence-corrected chi connectivity index (χ3v) is 6.42. The molecule has 0 saturated heterocycles. The Hall–Kier alpha value is -3.64. The fourth-order valence-corrected chi connectivity index (χ4v) is 3.91. The number of carbonyl (C=O) groups excluding carboxylic acids is 2. The van der Waals surface area contributed by atoms with Gasteiger partial charge >= 0.3 is 6.03 Å². The number of ether oxygens (including phenoxy) is 1. The van der Waals surface area contributed by atoms with Crippen molar-refractivity contribution in [3.05, 3.63) is 53.5 Å². The third-order valence-electron chi connectivity index (χ3n) is 6.42. The summed E-state index contributed by atoms with van der Waals surface area (Å²) in [5.74, 6) is 6.02. The van der Waals surface area contributed by atoms with Crippen molar-refractivity contribution in [3.63, 3.8) is 0 Å². The normalized spacial score (nSPS) is 20.1. The van der Waals surface area contributed by atoms with Crippen molar-refractivity contribution in [2.75, 3.05) is 32.1 Å². The Morgan fingerprint density at radius 1 is 1.36 bits per heavy atom. The largest absolute Gasteiger partial charge is 0.472 e. The molecule has 1 fully saturated rings. The minimum Gasteiger partial charge on any atom is -0.472 e. The number of carbonyl (C=O) groups is 2. The van der Waals surface area contributed by atoms with Crippen molar-refractivity contribution in [1.82, 2.24) is 14.8 Å². The molecule has 190 valence electrons. The van der Waals surface area contributed by atoms with Gasteiger partial charge in [0.05, 0.1) is 19.2 Å². The van der Waals surface area contributed by atoms with Gasteiger partial charge in [-0.25, -0.2) is 14.2 Å². The highest BCUT2D eigenvalue weighted by Gasteiger charge is 2.34. The number of fused-ring (bicyclic) bond motifs is 1. The van der Waals surface area contributed by atoms with Crippen LogP contribution in [-0.4, -0.2) is 70.7 Å². The van der Waals surface area contributed by atoms with Crippen LogP contribution < -0.4 is 10.1 Å². The lowest BCUT2D eigenvalue weighted by atomic mass is 10.00. The van der Waals surface area contributed by atoms with Crippen molar-refractivity contribution in [2.45, 2.75) is 38.8 Å². The Balaban J connectivity index is 1.57. The molecule has 1 aliphatic heterocycles. The molecule has 1 aromatic carbocycles. The van der Waals surface area contributed by atoms with Gasteiger partial charge in [0.15, 0.2) is 0 Å². The number of halogens is 1. The lowest BCUT2D eigenvalue weighted by Gasteiger charge is -2.37. The number of benzene rings is 1. The molecule has 2 N–H and O–H groups in total. The Labute approximate surface area is 210 Å². The van der Waals surface area contributed by atoms with Gasteiger partial charge in [-0.3, -0.25) is 4.79 Å². The van der Waals surface area contributed by atoms with Gasteiger partial charge in [-0.2, -0.15) is 0 Å². The average molecular weight is 495 g/mol. The number of anilines is 1. The molecular formula is C27H31FN4O4. The van der Waals surface area contributed by atoms with Gasteiger partial charge in [0.25, 0.3) is 5.91 Å². The van der Waals surface area contributed by atoms with Gasteiger partial charge in [0.2, 0.25) is 5.88 Å². The SMILES string of the molecule is C[C@H](CO)N1C[C@H](C)[C@H](CN(C)C(=O)Nc2ccc(F)cc2)Oc2ncc(C#CC3CC3)cc2C1=O. The second kappa shape index (κ2) is 11.0. The maximum absolute atomic E-state index is 13.4. The highest BCUT2D eigenvalue weighted by atomic mass is 19.1. The van der Waals surface area contributed by atoms with E-state index in [1.165, 1.54) is 29.2 Å². The molecule has 2 aliphatic rings. The minimum absolute atomic E-state index is 0.173. The Morgan fingerprint density at radius 2 is 2.08 bits per heavy atom. The molecule has 1 saturated carbocycles. The van der Waals surface area contributed by atoms with Crippen LogP contribution in [-0.2, 0) is 0 Å². The highest BCUT2D eigenvalue weighted by molar-refractivity contribution is 5.97. The number of amides is 3. The molecule has 9 heteroatoms. The van der Waals surface area contributed by atoms with Crippen LogP contribution in [0.5, 0.6) is 5.88 Å². The van der Waals surface area contributed by atoms with E-state index in [1.807, 2.05) is 6.92 Å². The first kappa shape index (κ1) is 25.5. The summed E-state index contributed by atoms with van der Waals surface area (Å²) in [6, 6.07) is 6.42. The summed E-state index contributed by atoms with van der Waals surface area (Å²) < 4.78 is 19.4. The molecule has 36 heavy (non-hydrogen) atoms. The lowest BCUT2D eigenvalue weighted by Crippen LogP contribution is -2.50. The van der Waals surface area contributed by atoms with Gasteiger partial charge in [-0.15, -0.1) is 0 Å². The Morgan fingerprint density at radius 3 is 2.75 bits per heavy atom. The molecule has 0 radical (unpaired) electrons. The molecule has 2 heterocycles. The summed E-state index contributed by atoms with van der Waals surface area (Å²) in [6.45, 7) is 4.08. The second-order valence-electron chi connectivity index (χ2n) is 9.56. The monoisotopic (exact) mass is 494 g/mol. The van der Waals surface area contributed by atoms with Crippen LogP contribution in [0.3, 0.4) is 0 Å². The van der Waals surface area contributed by atoms with E-state index in [0.717, 1.165) is 12.8 Å². The van der Waals surface area contributed by atoms with E-state index in [1.54, 1.807) is 31.1 Å². The van der Waals surface area contributed by atoms with Crippen LogP contribution in [0.4, 0.5) is 14.9 Å². The quantitative estimate of drug-likeness (QED) is 0.622. The number of urea groups is 1. The van der Waals surface area contributed by atoms with Crippen LogP contribution in [0, 0.1) is 29.5 Å². The number of likely N-dealkylation sites (N-methyl/N-ethyl adjacent to an activating group) is 1. The zero-order chi connectivity index (χ0) is 25.8. The first-order valence-corrected chi connectivity index (χ1v) is 12.1. The predicted octanol–water partition coefficient (Wildman–Crippen LogP) is 3.37. The smallest absolute Gasteiger partial charge is 0.321 e. The topological polar surface area (TPSA) is 95.0 Å². The molecule has 8 nitrogen and oxygen atoms in total. The van der Waals surface area contributed by atoms with Gasteiger partial charge in [-0.05, 0) is 50.1 Å². The number of aliphatic hydroxyl groups excluding tert-OH is 1. The maximum Gasteiger partial charge on any atom is 0.321 e. The summed E-state index contributed by atoms with van der Waals surface area (Å²) in [7, 11) is 1.64. The molecule has 2 aromatic rings. The number of nitrogens with one attached hydrogen (secondary N) is 1. The zero-order valence-electron chi connectivity index (χ0n) is 20.7. The lowest BCUT2D eigenvalue weighted by molar-refractivity contribution is 0.0356.